The van der Waals surface area contributed by atoms with Gasteiger partial charge in [0, 0.05) is 25.2 Å². The van der Waals surface area contributed by atoms with E-state index >= 15 is 0 Å². The van der Waals surface area contributed by atoms with Crippen molar-refractivity contribution < 1.29 is 9.18 Å². The van der Waals surface area contributed by atoms with Crippen molar-refractivity contribution in [2.24, 2.45) is 5.92 Å². The third-order valence-corrected chi connectivity index (χ3v) is 4.80. The summed E-state index contributed by atoms with van der Waals surface area (Å²) in [7, 11) is 0. The summed E-state index contributed by atoms with van der Waals surface area (Å²) in [6.07, 6.45) is 3.08. The first-order valence-corrected chi connectivity index (χ1v) is 8.74. The number of hydrogen-bond donors (Lipinski definition) is 1. The molecule has 1 aromatic carbocycles. The minimum absolute atomic E-state index is 0.0347. The Kier molecular flexibility index (Phi) is 5.47. The van der Waals surface area contributed by atoms with Crippen molar-refractivity contribution >= 4 is 11.7 Å². The second kappa shape index (κ2) is 7.96. The van der Waals surface area contributed by atoms with Gasteiger partial charge in [0.05, 0.1) is 11.6 Å². The summed E-state index contributed by atoms with van der Waals surface area (Å²) in [5.41, 5.74) is 1.43. The van der Waals surface area contributed by atoms with Gasteiger partial charge in [-0.2, -0.15) is 5.26 Å². The van der Waals surface area contributed by atoms with Gasteiger partial charge < -0.3 is 10.2 Å². The van der Waals surface area contributed by atoms with Gasteiger partial charge in [-0.1, -0.05) is 12.1 Å². The van der Waals surface area contributed by atoms with Crippen molar-refractivity contribution in [3.05, 3.63) is 59.5 Å². The molecule has 2 heterocycles. The van der Waals surface area contributed by atoms with Crippen LogP contribution in [0.15, 0.2) is 42.6 Å². The van der Waals surface area contributed by atoms with Crippen molar-refractivity contribution in [1.82, 2.24) is 10.3 Å². The van der Waals surface area contributed by atoms with Crippen LogP contribution in [-0.4, -0.2) is 24.0 Å². The number of piperidine rings is 1. The van der Waals surface area contributed by atoms with Crippen LogP contribution in [0.4, 0.5) is 10.2 Å². The van der Waals surface area contributed by atoms with E-state index in [1.165, 1.54) is 12.1 Å². The molecule has 0 saturated carbocycles. The zero-order valence-corrected chi connectivity index (χ0v) is 14.7. The fourth-order valence-corrected chi connectivity index (χ4v) is 3.18. The second-order valence-corrected chi connectivity index (χ2v) is 6.56. The third kappa shape index (κ3) is 4.17. The smallest absolute Gasteiger partial charge is 0.223 e. The van der Waals surface area contributed by atoms with Crippen LogP contribution in [0.1, 0.15) is 36.9 Å². The molecule has 1 aromatic heterocycles. The first-order chi connectivity index (χ1) is 12.6. The molecule has 0 spiro atoms. The maximum absolute atomic E-state index is 13.0. The van der Waals surface area contributed by atoms with Crippen LogP contribution in [0, 0.1) is 23.1 Å². The minimum atomic E-state index is -0.281. The Morgan fingerprint density at radius 2 is 1.96 bits per heavy atom. The van der Waals surface area contributed by atoms with Gasteiger partial charge in [0.15, 0.2) is 0 Å². The van der Waals surface area contributed by atoms with Crippen molar-refractivity contribution in [3.8, 4) is 6.07 Å². The van der Waals surface area contributed by atoms with E-state index in [-0.39, 0.29) is 23.7 Å². The van der Waals surface area contributed by atoms with E-state index in [2.05, 4.69) is 21.3 Å². The topological polar surface area (TPSA) is 69.0 Å². The van der Waals surface area contributed by atoms with Gasteiger partial charge in [-0.05, 0) is 49.6 Å². The van der Waals surface area contributed by atoms with Crippen molar-refractivity contribution in [3.63, 3.8) is 0 Å². The zero-order valence-electron chi connectivity index (χ0n) is 14.7. The summed E-state index contributed by atoms with van der Waals surface area (Å²) >= 11 is 0. The SMILES string of the molecule is CC(NC(=O)C1CCN(c2ccc(C#N)cn2)CC1)c1ccc(F)cc1. The maximum atomic E-state index is 13.0. The summed E-state index contributed by atoms with van der Waals surface area (Å²) in [6.45, 7) is 3.41. The van der Waals surface area contributed by atoms with Crippen LogP contribution in [0.2, 0.25) is 0 Å². The predicted octanol–water partition coefficient (Wildman–Crippen LogP) is 3.19. The maximum Gasteiger partial charge on any atom is 0.223 e. The number of aromatic nitrogens is 1. The zero-order chi connectivity index (χ0) is 18.5. The van der Waals surface area contributed by atoms with Crippen LogP contribution in [0.3, 0.4) is 0 Å². The fourth-order valence-electron chi connectivity index (χ4n) is 3.18. The molecule has 1 unspecified atom stereocenters. The van der Waals surface area contributed by atoms with Gasteiger partial charge in [-0.15, -0.1) is 0 Å². The summed E-state index contributed by atoms with van der Waals surface area (Å²) in [5.74, 6) is 0.556. The van der Waals surface area contributed by atoms with E-state index in [0.29, 0.717) is 5.56 Å². The fraction of sp³-hybridized carbons (Fsp3) is 0.350. The van der Waals surface area contributed by atoms with Crippen LogP contribution in [0.5, 0.6) is 0 Å². The Labute approximate surface area is 152 Å². The van der Waals surface area contributed by atoms with E-state index in [1.807, 2.05) is 13.0 Å². The molecule has 1 aliphatic heterocycles. The molecule has 134 valence electrons. The molecule has 6 heteroatoms. The van der Waals surface area contributed by atoms with Crippen LogP contribution >= 0.6 is 0 Å². The molecular weight excluding hydrogens is 331 g/mol. The molecule has 1 saturated heterocycles. The molecule has 1 fully saturated rings. The number of carbonyl (C=O) groups is 1. The van der Waals surface area contributed by atoms with Crippen molar-refractivity contribution in [1.29, 1.82) is 5.26 Å². The molecule has 3 rings (SSSR count). The minimum Gasteiger partial charge on any atom is -0.357 e. The summed E-state index contributed by atoms with van der Waals surface area (Å²) < 4.78 is 13.0. The van der Waals surface area contributed by atoms with E-state index in [4.69, 9.17) is 5.26 Å². The van der Waals surface area contributed by atoms with Gasteiger partial charge in [0.2, 0.25) is 5.91 Å². The Balaban J connectivity index is 1.53. The average molecular weight is 352 g/mol. The van der Waals surface area contributed by atoms with Gasteiger partial charge in [-0.3, -0.25) is 4.79 Å². The molecule has 26 heavy (non-hydrogen) atoms. The molecule has 1 N–H and O–H groups in total. The van der Waals surface area contributed by atoms with Crippen LogP contribution < -0.4 is 10.2 Å². The lowest BCUT2D eigenvalue weighted by molar-refractivity contribution is -0.126. The number of benzene rings is 1. The lowest BCUT2D eigenvalue weighted by Gasteiger charge is -2.32. The first kappa shape index (κ1) is 17.9. The predicted molar refractivity (Wildman–Crippen MR) is 96.8 cm³/mol. The summed E-state index contributed by atoms with van der Waals surface area (Å²) in [5, 5.41) is 11.9. The molecule has 0 radical (unpaired) electrons. The third-order valence-electron chi connectivity index (χ3n) is 4.80. The second-order valence-electron chi connectivity index (χ2n) is 6.56. The van der Waals surface area contributed by atoms with E-state index in [1.54, 1.807) is 24.4 Å². The molecular formula is C20H21FN4O. The Bertz CT molecular complexity index is 790. The number of nitrogens with zero attached hydrogens (tertiary/aromatic N) is 3. The number of halogens is 1. The van der Waals surface area contributed by atoms with Crippen LogP contribution in [-0.2, 0) is 4.79 Å². The highest BCUT2D eigenvalue weighted by Gasteiger charge is 2.26. The van der Waals surface area contributed by atoms with Gasteiger partial charge in [0.25, 0.3) is 0 Å². The van der Waals surface area contributed by atoms with Gasteiger partial charge >= 0.3 is 0 Å². The molecule has 0 aliphatic carbocycles. The number of nitriles is 1. The molecule has 2 aromatic rings. The Morgan fingerprint density at radius 3 is 2.54 bits per heavy atom. The van der Waals surface area contributed by atoms with Gasteiger partial charge in [-0.25, -0.2) is 9.37 Å². The Morgan fingerprint density at radius 1 is 1.27 bits per heavy atom. The number of anilines is 1. The van der Waals surface area contributed by atoms with E-state index < -0.39 is 0 Å². The Hall–Kier alpha value is -2.94. The van der Waals surface area contributed by atoms with Crippen molar-refractivity contribution in [2.45, 2.75) is 25.8 Å². The summed E-state index contributed by atoms with van der Waals surface area (Å²) in [4.78, 5) is 19.0. The highest BCUT2D eigenvalue weighted by atomic mass is 19.1. The quantitative estimate of drug-likeness (QED) is 0.917. The monoisotopic (exact) mass is 352 g/mol. The number of nitrogens with one attached hydrogen (secondary N) is 1. The molecule has 1 atom stereocenters. The van der Waals surface area contributed by atoms with E-state index in [0.717, 1.165) is 37.3 Å². The average Bonchev–Trinajstić information content (AvgIpc) is 2.68. The number of rotatable bonds is 4. The van der Waals surface area contributed by atoms with Crippen molar-refractivity contribution in [2.75, 3.05) is 18.0 Å². The highest BCUT2D eigenvalue weighted by Crippen LogP contribution is 2.23. The lowest BCUT2D eigenvalue weighted by Crippen LogP contribution is -2.41. The van der Waals surface area contributed by atoms with Crippen LogP contribution in [0.25, 0.3) is 0 Å². The molecule has 0 bridgehead atoms. The number of hydrogen-bond acceptors (Lipinski definition) is 4. The molecule has 1 aliphatic rings. The van der Waals surface area contributed by atoms with Gasteiger partial charge in [0.1, 0.15) is 17.7 Å². The number of amides is 1. The lowest BCUT2D eigenvalue weighted by atomic mass is 9.95. The summed E-state index contributed by atoms with van der Waals surface area (Å²) in [6, 6.07) is 11.7. The molecule has 1 amide bonds. The molecule has 5 nitrogen and oxygen atoms in total. The standard InChI is InChI=1S/C20H21FN4O/c1-14(16-3-5-18(21)6-4-16)24-20(26)17-8-10-25(11-9-17)19-7-2-15(12-22)13-23-19/h2-7,13-14,17H,8-11H2,1H3,(H,24,26). The number of carbonyl (C=O) groups excluding carboxylic acids is 1. The highest BCUT2D eigenvalue weighted by molar-refractivity contribution is 5.79. The normalized spacial score (nSPS) is 16.0. The first-order valence-electron chi connectivity index (χ1n) is 8.74. The largest absolute Gasteiger partial charge is 0.357 e. The van der Waals surface area contributed by atoms with E-state index in [9.17, 15) is 9.18 Å². The number of pyridine rings is 1.